The Hall–Kier alpha value is -3.60. The van der Waals surface area contributed by atoms with Gasteiger partial charge in [-0.15, -0.1) is 13.2 Å². The highest BCUT2D eigenvalue weighted by Crippen LogP contribution is 2.46. The molecule has 3 aliphatic rings. The summed E-state index contributed by atoms with van der Waals surface area (Å²) in [6.07, 6.45) is 2.18. The van der Waals surface area contributed by atoms with Crippen LogP contribution in [0.1, 0.15) is 66.1 Å². The highest BCUT2D eigenvalue weighted by atomic mass is 19.4. The van der Waals surface area contributed by atoms with Crippen LogP contribution < -0.4 is 15.4 Å². The van der Waals surface area contributed by atoms with E-state index in [1.54, 1.807) is 18.2 Å². The van der Waals surface area contributed by atoms with Crippen LogP contribution in [0.3, 0.4) is 0 Å². The molecular formula is C27H27F3N4O4. The number of para-hydroxylation sites is 1. The smallest absolute Gasteiger partial charge is 0.405 e. The fourth-order valence-electron chi connectivity index (χ4n) is 5.74. The quantitative estimate of drug-likeness (QED) is 0.422. The SMILES string of the molecule is NC(=O)c1ccc(N2[C@@H]3CC[C@H]2C[C@H](OCc2c(-c4ccccc4OC(F)(F)F)noc2C2CC2)C3)nc1. The van der Waals surface area contributed by atoms with Crippen LogP contribution in [0.2, 0.25) is 0 Å². The number of fused-ring (bicyclic) bond motifs is 2. The van der Waals surface area contributed by atoms with Gasteiger partial charge in [0.25, 0.3) is 0 Å². The number of carbonyl (C=O) groups excluding carboxylic acids is 1. The lowest BCUT2D eigenvalue weighted by atomic mass is 9.99. The molecule has 1 aromatic carbocycles. The van der Waals surface area contributed by atoms with Crippen molar-refractivity contribution in [3.63, 3.8) is 0 Å². The van der Waals surface area contributed by atoms with Crippen molar-refractivity contribution in [1.82, 2.24) is 10.1 Å². The van der Waals surface area contributed by atoms with Crippen molar-refractivity contribution < 1.29 is 32.0 Å². The van der Waals surface area contributed by atoms with Gasteiger partial charge in [-0.2, -0.15) is 0 Å². The van der Waals surface area contributed by atoms with Gasteiger partial charge in [0.15, 0.2) is 0 Å². The average Bonchev–Trinajstić information content (AvgIpc) is 3.58. The van der Waals surface area contributed by atoms with Gasteiger partial charge in [-0.05, 0) is 62.8 Å². The first-order valence-electron chi connectivity index (χ1n) is 12.8. The van der Waals surface area contributed by atoms with Crippen LogP contribution in [0, 0.1) is 0 Å². The first-order valence-corrected chi connectivity index (χ1v) is 12.8. The number of halogens is 3. The van der Waals surface area contributed by atoms with Gasteiger partial charge in [0.1, 0.15) is 23.0 Å². The average molecular weight is 529 g/mol. The number of benzene rings is 1. The van der Waals surface area contributed by atoms with Crippen molar-refractivity contribution in [2.45, 2.75) is 75.6 Å². The summed E-state index contributed by atoms with van der Waals surface area (Å²) < 4.78 is 55.4. The summed E-state index contributed by atoms with van der Waals surface area (Å²) in [7, 11) is 0. The lowest BCUT2D eigenvalue weighted by Crippen LogP contribution is -2.46. The fourth-order valence-corrected chi connectivity index (χ4v) is 5.74. The monoisotopic (exact) mass is 528 g/mol. The normalized spacial score (nSPS) is 23.0. The predicted octanol–water partition coefficient (Wildman–Crippen LogP) is 5.33. The molecule has 2 aliphatic heterocycles. The van der Waals surface area contributed by atoms with Gasteiger partial charge < -0.3 is 24.6 Å². The van der Waals surface area contributed by atoms with Crippen molar-refractivity contribution in [1.29, 1.82) is 0 Å². The molecule has 3 aromatic rings. The lowest BCUT2D eigenvalue weighted by Gasteiger charge is -2.39. The molecule has 38 heavy (non-hydrogen) atoms. The van der Waals surface area contributed by atoms with Crippen LogP contribution in [0.5, 0.6) is 5.75 Å². The van der Waals surface area contributed by atoms with E-state index < -0.39 is 12.3 Å². The molecule has 2 aromatic heterocycles. The van der Waals surface area contributed by atoms with E-state index in [4.69, 9.17) is 15.0 Å². The highest BCUT2D eigenvalue weighted by molar-refractivity contribution is 5.92. The summed E-state index contributed by atoms with van der Waals surface area (Å²) in [4.78, 5) is 18.2. The Bertz CT molecular complexity index is 1310. The number of pyridine rings is 1. The Balaban J connectivity index is 1.19. The van der Waals surface area contributed by atoms with Gasteiger partial charge in [-0.1, -0.05) is 17.3 Å². The summed E-state index contributed by atoms with van der Waals surface area (Å²) in [6, 6.07) is 9.98. The Morgan fingerprint density at radius 2 is 1.82 bits per heavy atom. The number of hydrogen-bond donors (Lipinski definition) is 1. The standard InChI is InChI=1S/C27H27F3N4O4/c28-27(29,30)37-22-4-2-1-3-20(22)24-21(25(38-33-24)15-5-6-15)14-36-19-11-17-8-9-18(12-19)34(17)23-10-7-16(13-32-23)26(31)35/h1-4,7,10,13,15,17-19H,5-6,8-9,11-12,14H2,(H2,31,35)/t17-,18+,19-. The Morgan fingerprint density at radius 1 is 1.08 bits per heavy atom. The molecule has 1 aliphatic carbocycles. The van der Waals surface area contributed by atoms with Crippen LogP contribution in [0.4, 0.5) is 19.0 Å². The van der Waals surface area contributed by atoms with Gasteiger partial charge in [0.05, 0.1) is 18.3 Å². The molecule has 11 heteroatoms. The van der Waals surface area contributed by atoms with Gasteiger partial charge in [-0.3, -0.25) is 4.79 Å². The Morgan fingerprint density at radius 3 is 2.45 bits per heavy atom. The van der Waals surface area contributed by atoms with Crippen molar-refractivity contribution in [2.24, 2.45) is 5.73 Å². The number of rotatable bonds is 8. The maximum atomic E-state index is 13.0. The van der Waals surface area contributed by atoms with Crippen molar-refractivity contribution in [3.05, 3.63) is 59.5 Å². The van der Waals surface area contributed by atoms with Crippen molar-refractivity contribution >= 4 is 11.7 Å². The minimum Gasteiger partial charge on any atom is -0.405 e. The number of amides is 1. The van der Waals surface area contributed by atoms with E-state index in [-0.39, 0.29) is 42.0 Å². The Labute approximate surface area is 216 Å². The minimum absolute atomic E-state index is 0.0230. The summed E-state index contributed by atoms with van der Waals surface area (Å²) >= 11 is 0. The van der Waals surface area contributed by atoms with Crippen molar-refractivity contribution in [3.8, 4) is 17.0 Å². The molecule has 1 saturated carbocycles. The number of nitrogens with zero attached hydrogens (tertiary/aromatic N) is 3. The molecule has 4 heterocycles. The zero-order valence-corrected chi connectivity index (χ0v) is 20.5. The number of alkyl halides is 3. The number of anilines is 1. The number of primary amides is 1. The van der Waals surface area contributed by atoms with E-state index in [1.807, 2.05) is 6.07 Å². The molecule has 2 N–H and O–H groups in total. The van der Waals surface area contributed by atoms with E-state index in [9.17, 15) is 18.0 Å². The summed E-state index contributed by atoms with van der Waals surface area (Å²) in [5, 5.41) is 4.16. The Kier molecular flexibility index (Phi) is 6.25. The topological polar surface area (TPSA) is 104 Å². The molecule has 0 radical (unpaired) electrons. The van der Waals surface area contributed by atoms with E-state index in [0.717, 1.165) is 44.3 Å². The second-order valence-corrected chi connectivity index (χ2v) is 10.2. The summed E-state index contributed by atoms with van der Waals surface area (Å²) in [5.74, 6) is 0.877. The van der Waals surface area contributed by atoms with Crippen LogP contribution in [0.15, 0.2) is 47.1 Å². The number of hydrogen-bond acceptors (Lipinski definition) is 7. The van der Waals surface area contributed by atoms with E-state index >= 15 is 0 Å². The zero-order chi connectivity index (χ0) is 26.4. The molecule has 6 rings (SSSR count). The molecule has 3 atom stereocenters. The highest BCUT2D eigenvalue weighted by Gasteiger charge is 2.42. The lowest BCUT2D eigenvalue weighted by molar-refractivity contribution is -0.274. The molecule has 2 bridgehead atoms. The second-order valence-electron chi connectivity index (χ2n) is 10.2. The van der Waals surface area contributed by atoms with E-state index in [2.05, 4.69) is 19.8 Å². The molecule has 8 nitrogen and oxygen atoms in total. The van der Waals surface area contributed by atoms with E-state index in [1.165, 1.54) is 18.3 Å². The van der Waals surface area contributed by atoms with Gasteiger partial charge in [-0.25, -0.2) is 4.98 Å². The maximum Gasteiger partial charge on any atom is 0.573 e. The van der Waals surface area contributed by atoms with Crippen molar-refractivity contribution in [2.75, 3.05) is 4.90 Å². The van der Waals surface area contributed by atoms with Crippen LogP contribution in [-0.2, 0) is 11.3 Å². The third kappa shape index (κ3) is 4.94. The number of nitrogens with two attached hydrogens (primary N) is 1. The number of piperidine rings is 1. The van der Waals surface area contributed by atoms with Crippen LogP contribution in [-0.4, -0.2) is 40.6 Å². The zero-order valence-electron chi connectivity index (χ0n) is 20.5. The largest absolute Gasteiger partial charge is 0.573 e. The second kappa shape index (κ2) is 9.61. The summed E-state index contributed by atoms with van der Waals surface area (Å²) in [5.41, 5.74) is 6.94. The van der Waals surface area contributed by atoms with E-state index in [0.29, 0.717) is 22.6 Å². The third-order valence-electron chi connectivity index (χ3n) is 7.58. The summed E-state index contributed by atoms with van der Waals surface area (Å²) in [6.45, 7) is 0.195. The maximum absolute atomic E-state index is 13.0. The van der Waals surface area contributed by atoms with Gasteiger partial charge in [0, 0.05) is 35.3 Å². The first kappa shape index (κ1) is 24.7. The molecular weight excluding hydrogens is 501 g/mol. The van der Waals surface area contributed by atoms with Gasteiger partial charge in [0.2, 0.25) is 5.91 Å². The fraction of sp³-hybridized carbons (Fsp3) is 0.444. The number of carbonyl (C=O) groups is 1. The molecule has 0 spiro atoms. The van der Waals surface area contributed by atoms with Crippen LogP contribution in [0.25, 0.3) is 11.3 Å². The molecule has 3 fully saturated rings. The molecule has 0 unspecified atom stereocenters. The minimum atomic E-state index is -4.82. The van der Waals surface area contributed by atoms with Crippen LogP contribution >= 0.6 is 0 Å². The predicted molar refractivity (Wildman–Crippen MR) is 130 cm³/mol. The molecule has 1 amide bonds. The first-order chi connectivity index (χ1) is 18.3. The number of aromatic nitrogens is 2. The number of ether oxygens (including phenoxy) is 2. The molecule has 2 saturated heterocycles. The molecule has 200 valence electrons. The third-order valence-corrected chi connectivity index (χ3v) is 7.58. The van der Waals surface area contributed by atoms with Gasteiger partial charge >= 0.3 is 6.36 Å².